The summed E-state index contributed by atoms with van der Waals surface area (Å²) in [6, 6.07) is 13.5. The number of ether oxygens (including phenoxy) is 2. The summed E-state index contributed by atoms with van der Waals surface area (Å²) in [7, 11) is 1.42. The first-order valence-electron chi connectivity index (χ1n) is 8.76. The SMILES string of the molecule is COc1ccccc1C(=O)NC(=O)COC(=O)c1sc(-c2ccc(Cl)cc2)nc1C. The van der Waals surface area contributed by atoms with Crippen molar-refractivity contribution in [1.29, 1.82) is 0 Å². The van der Waals surface area contributed by atoms with Crippen LogP contribution in [-0.2, 0) is 9.53 Å². The first-order valence-corrected chi connectivity index (χ1v) is 9.96. The molecule has 0 unspecified atom stereocenters. The molecular formula is C21H17ClN2O5S. The predicted molar refractivity (Wildman–Crippen MR) is 113 cm³/mol. The van der Waals surface area contributed by atoms with E-state index < -0.39 is 24.4 Å². The second-order valence-electron chi connectivity index (χ2n) is 6.09. The molecule has 0 bridgehead atoms. The lowest BCUT2D eigenvalue weighted by molar-refractivity contribution is -0.123. The van der Waals surface area contributed by atoms with Crippen molar-refractivity contribution in [2.24, 2.45) is 0 Å². The Hall–Kier alpha value is -3.23. The molecule has 3 rings (SSSR count). The topological polar surface area (TPSA) is 94.6 Å². The van der Waals surface area contributed by atoms with Gasteiger partial charge in [-0.15, -0.1) is 11.3 Å². The van der Waals surface area contributed by atoms with Crippen molar-refractivity contribution in [2.45, 2.75) is 6.92 Å². The second kappa shape index (κ2) is 9.51. The molecule has 1 heterocycles. The number of hydrogen-bond donors (Lipinski definition) is 1. The third-order valence-corrected chi connectivity index (χ3v) is 5.45. The van der Waals surface area contributed by atoms with E-state index in [1.165, 1.54) is 13.2 Å². The van der Waals surface area contributed by atoms with Crippen molar-refractivity contribution in [3.05, 3.63) is 69.7 Å². The summed E-state index contributed by atoms with van der Waals surface area (Å²) >= 11 is 7.04. The minimum Gasteiger partial charge on any atom is -0.496 e. The van der Waals surface area contributed by atoms with E-state index in [9.17, 15) is 14.4 Å². The van der Waals surface area contributed by atoms with Gasteiger partial charge in [-0.2, -0.15) is 0 Å². The molecule has 1 aromatic heterocycles. The lowest BCUT2D eigenvalue weighted by Gasteiger charge is -2.08. The zero-order valence-electron chi connectivity index (χ0n) is 16.1. The van der Waals surface area contributed by atoms with Crippen molar-refractivity contribution >= 4 is 40.7 Å². The average molecular weight is 445 g/mol. The van der Waals surface area contributed by atoms with E-state index in [-0.39, 0.29) is 10.4 Å². The average Bonchev–Trinajstić information content (AvgIpc) is 3.14. The normalized spacial score (nSPS) is 10.4. The number of imide groups is 1. The Balaban J connectivity index is 1.61. The third-order valence-electron chi connectivity index (χ3n) is 4.01. The number of carbonyl (C=O) groups is 3. The van der Waals surface area contributed by atoms with E-state index in [1.807, 2.05) is 0 Å². The molecule has 2 aromatic carbocycles. The van der Waals surface area contributed by atoms with Crippen molar-refractivity contribution in [3.63, 3.8) is 0 Å². The molecular weight excluding hydrogens is 428 g/mol. The van der Waals surface area contributed by atoms with Crippen LogP contribution < -0.4 is 10.1 Å². The Morgan fingerprint density at radius 2 is 1.80 bits per heavy atom. The number of para-hydroxylation sites is 1. The van der Waals surface area contributed by atoms with Gasteiger partial charge in [0.15, 0.2) is 6.61 Å². The number of nitrogens with one attached hydrogen (secondary N) is 1. The van der Waals surface area contributed by atoms with Gasteiger partial charge in [-0.25, -0.2) is 9.78 Å². The zero-order chi connectivity index (χ0) is 21.7. The van der Waals surface area contributed by atoms with E-state index >= 15 is 0 Å². The van der Waals surface area contributed by atoms with Crippen LogP contribution in [0.2, 0.25) is 5.02 Å². The Bertz CT molecular complexity index is 1100. The lowest BCUT2D eigenvalue weighted by Crippen LogP contribution is -2.34. The molecule has 9 heteroatoms. The van der Waals surface area contributed by atoms with Crippen LogP contribution in [0.1, 0.15) is 25.7 Å². The van der Waals surface area contributed by atoms with Gasteiger partial charge in [0, 0.05) is 10.6 Å². The third kappa shape index (κ3) is 5.03. The van der Waals surface area contributed by atoms with Gasteiger partial charge >= 0.3 is 5.97 Å². The smallest absolute Gasteiger partial charge is 0.350 e. The molecule has 0 aliphatic heterocycles. The summed E-state index contributed by atoms with van der Waals surface area (Å²) in [5.41, 5.74) is 1.50. The number of methoxy groups -OCH3 is 1. The standard InChI is InChI=1S/C21H17ClN2O5S/c1-12-18(30-20(23-12)13-7-9-14(22)10-8-13)21(27)29-11-17(25)24-19(26)15-5-3-4-6-16(15)28-2/h3-10H,11H2,1-2H3,(H,24,25,26). The first-order chi connectivity index (χ1) is 14.4. The van der Waals surface area contributed by atoms with Crippen molar-refractivity contribution < 1.29 is 23.9 Å². The van der Waals surface area contributed by atoms with Gasteiger partial charge in [-0.3, -0.25) is 14.9 Å². The molecule has 0 aliphatic carbocycles. The van der Waals surface area contributed by atoms with Crippen LogP contribution >= 0.6 is 22.9 Å². The minimum atomic E-state index is -0.751. The molecule has 0 radical (unpaired) electrons. The first kappa shape index (κ1) is 21.5. The van der Waals surface area contributed by atoms with Crippen LogP contribution in [0, 0.1) is 6.92 Å². The molecule has 0 fully saturated rings. The molecule has 0 spiro atoms. The highest BCUT2D eigenvalue weighted by Gasteiger charge is 2.20. The number of halogens is 1. The number of carbonyl (C=O) groups excluding carboxylic acids is 3. The fourth-order valence-electron chi connectivity index (χ4n) is 2.56. The summed E-state index contributed by atoms with van der Waals surface area (Å²) in [5, 5.41) is 3.40. The fourth-order valence-corrected chi connectivity index (χ4v) is 3.65. The summed E-state index contributed by atoms with van der Waals surface area (Å²) in [5.74, 6) is -1.76. The summed E-state index contributed by atoms with van der Waals surface area (Å²) in [6.45, 7) is 1.07. The molecule has 3 aromatic rings. The Labute approximate surface area is 181 Å². The van der Waals surface area contributed by atoms with Crippen LogP contribution in [0.15, 0.2) is 48.5 Å². The number of rotatable bonds is 6. The molecule has 30 heavy (non-hydrogen) atoms. The number of amides is 2. The molecule has 0 saturated heterocycles. The van der Waals surface area contributed by atoms with Gasteiger partial charge in [0.1, 0.15) is 15.6 Å². The van der Waals surface area contributed by atoms with Gasteiger partial charge in [0.2, 0.25) is 0 Å². The zero-order valence-corrected chi connectivity index (χ0v) is 17.7. The quantitative estimate of drug-likeness (QED) is 0.579. The molecule has 2 amide bonds. The van der Waals surface area contributed by atoms with Gasteiger partial charge in [0.25, 0.3) is 11.8 Å². The van der Waals surface area contributed by atoms with Crippen molar-refractivity contribution in [1.82, 2.24) is 10.3 Å². The number of aryl methyl sites for hydroxylation is 1. The van der Waals surface area contributed by atoms with E-state index in [2.05, 4.69) is 10.3 Å². The van der Waals surface area contributed by atoms with Crippen LogP contribution in [0.4, 0.5) is 0 Å². The van der Waals surface area contributed by atoms with Gasteiger partial charge in [-0.05, 0) is 31.2 Å². The maximum Gasteiger partial charge on any atom is 0.350 e. The molecule has 0 aliphatic rings. The number of thiazole rings is 1. The number of benzene rings is 2. The predicted octanol–water partition coefficient (Wildman–Crippen LogP) is 3.89. The van der Waals surface area contributed by atoms with Crippen LogP contribution in [0.3, 0.4) is 0 Å². The van der Waals surface area contributed by atoms with E-state index in [1.54, 1.807) is 49.4 Å². The lowest BCUT2D eigenvalue weighted by atomic mass is 10.2. The fraction of sp³-hybridized carbons (Fsp3) is 0.143. The highest BCUT2D eigenvalue weighted by atomic mass is 35.5. The Morgan fingerprint density at radius 1 is 1.10 bits per heavy atom. The Kier molecular flexibility index (Phi) is 6.81. The van der Waals surface area contributed by atoms with Crippen molar-refractivity contribution in [2.75, 3.05) is 13.7 Å². The molecule has 0 saturated carbocycles. The van der Waals surface area contributed by atoms with E-state index in [0.29, 0.717) is 21.5 Å². The van der Waals surface area contributed by atoms with Crippen molar-refractivity contribution in [3.8, 4) is 16.3 Å². The molecule has 154 valence electrons. The van der Waals surface area contributed by atoms with Gasteiger partial charge in [0.05, 0.1) is 18.4 Å². The molecule has 0 atom stereocenters. The Morgan fingerprint density at radius 3 is 2.50 bits per heavy atom. The number of esters is 1. The highest BCUT2D eigenvalue weighted by Crippen LogP contribution is 2.29. The van der Waals surface area contributed by atoms with Crippen LogP contribution in [0.5, 0.6) is 5.75 Å². The molecule has 7 nitrogen and oxygen atoms in total. The summed E-state index contributed by atoms with van der Waals surface area (Å²) < 4.78 is 10.1. The summed E-state index contributed by atoms with van der Waals surface area (Å²) in [6.07, 6.45) is 0. The summed E-state index contributed by atoms with van der Waals surface area (Å²) in [4.78, 5) is 41.3. The van der Waals surface area contributed by atoms with E-state index in [0.717, 1.165) is 16.9 Å². The monoisotopic (exact) mass is 444 g/mol. The largest absolute Gasteiger partial charge is 0.496 e. The maximum absolute atomic E-state index is 12.4. The van der Waals surface area contributed by atoms with Crippen LogP contribution in [0.25, 0.3) is 10.6 Å². The van der Waals surface area contributed by atoms with E-state index in [4.69, 9.17) is 21.1 Å². The van der Waals surface area contributed by atoms with Gasteiger partial charge in [-0.1, -0.05) is 35.9 Å². The maximum atomic E-state index is 12.4. The molecule has 1 N–H and O–H groups in total. The van der Waals surface area contributed by atoms with Crippen LogP contribution in [-0.4, -0.2) is 36.5 Å². The number of aromatic nitrogens is 1. The minimum absolute atomic E-state index is 0.200. The second-order valence-corrected chi connectivity index (χ2v) is 7.53. The van der Waals surface area contributed by atoms with Gasteiger partial charge < -0.3 is 9.47 Å². The highest BCUT2D eigenvalue weighted by molar-refractivity contribution is 7.17. The number of nitrogens with zero attached hydrogens (tertiary/aromatic N) is 1. The number of hydrogen-bond acceptors (Lipinski definition) is 7.